The number of esters is 1. The van der Waals surface area contributed by atoms with Gasteiger partial charge in [-0.1, -0.05) is 29.8 Å². The zero-order valence-corrected chi connectivity index (χ0v) is 16.5. The minimum absolute atomic E-state index is 0.0727. The Kier molecular flexibility index (Phi) is 5.49. The highest BCUT2D eigenvalue weighted by Gasteiger charge is 2.36. The van der Waals surface area contributed by atoms with Crippen molar-refractivity contribution in [3.05, 3.63) is 58.7 Å². The zero-order chi connectivity index (χ0) is 20.4. The first-order valence-electron chi connectivity index (χ1n) is 9.18. The molecule has 146 valence electrons. The average molecular weight is 380 g/mol. The summed E-state index contributed by atoms with van der Waals surface area (Å²) in [5.74, 6) is -1.37. The molecular weight excluding hydrogens is 356 g/mol. The van der Waals surface area contributed by atoms with Gasteiger partial charge < -0.3 is 15.0 Å². The number of nitrogens with one attached hydrogen (secondary N) is 1. The van der Waals surface area contributed by atoms with Crippen molar-refractivity contribution in [3.63, 3.8) is 0 Å². The molecule has 1 heterocycles. The SMILES string of the molecule is COC(=O)c1ccccc1NC(=O)C1CC(=O)N(c2c(C)cc(C)cc2C)C1. The Labute approximate surface area is 164 Å². The number of para-hydroxylation sites is 1. The smallest absolute Gasteiger partial charge is 0.339 e. The second-order valence-electron chi connectivity index (χ2n) is 7.18. The van der Waals surface area contributed by atoms with Gasteiger partial charge in [-0.05, 0) is 44.0 Å². The van der Waals surface area contributed by atoms with Crippen molar-refractivity contribution in [1.29, 1.82) is 0 Å². The number of ether oxygens (including phenoxy) is 1. The molecule has 0 aromatic heterocycles. The van der Waals surface area contributed by atoms with Crippen LogP contribution in [-0.2, 0) is 14.3 Å². The fourth-order valence-electron chi connectivity index (χ4n) is 3.81. The van der Waals surface area contributed by atoms with Gasteiger partial charge in [0, 0.05) is 18.7 Å². The fourth-order valence-corrected chi connectivity index (χ4v) is 3.81. The molecule has 2 aromatic rings. The summed E-state index contributed by atoms with van der Waals surface area (Å²) in [5, 5.41) is 2.78. The molecular formula is C22H24N2O4. The number of anilines is 2. The molecule has 0 aliphatic carbocycles. The number of carbonyl (C=O) groups is 3. The standard InChI is InChI=1S/C22H24N2O4/c1-13-9-14(2)20(15(3)10-13)24-12-16(11-19(24)25)21(26)23-18-8-6-5-7-17(18)22(27)28-4/h5-10,16H,11-12H2,1-4H3,(H,23,26). The summed E-state index contributed by atoms with van der Waals surface area (Å²) in [6, 6.07) is 10.7. The van der Waals surface area contributed by atoms with Gasteiger partial charge in [0.15, 0.2) is 0 Å². The maximum absolute atomic E-state index is 12.8. The first kappa shape index (κ1) is 19.6. The molecule has 1 aliphatic rings. The molecule has 0 spiro atoms. The molecule has 1 saturated heterocycles. The van der Waals surface area contributed by atoms with E-state index in [-0.39, 0.29) is 23.8 Å². The highest BCUT2D eigenvalue weighted by molar-refractivity contribution is 6.06. The topological polar surface area (TPSA) is 75.7 Å². The Bertz CT molecular complexity index is 928. The second-order valence-corrected chi connectivity index (χ2v) is 7.18. The normalized spacial score (nSPS) is 16.2. The van der Waals surface area contributed by atoms with Gasteiger partial charge in [-0.15, -0.1) is 0 Å². The molecule has 0 saturated carbocycles. The molecule has 3 rings (SSSR count). The van der Waals surface area contributed by atoms with E-state index in [9.17, 15) is 14.4 Å². The van der Waals surface area contributed by atoms with Gasteiger partial charge in [0.2, 0.25) is 11.8 Å². The number of rotatable bonds is 4. The number of benzene rings is 2. The summed E-state index contributed by atoms with van der Waals surface area (Å²) < 4.78 is 4.76. The van der Waals surface area contributed by atoms with Crippen LogP contribution in [0.5, 0.6) is 0 Å². The molecule has 2 aromatic carbocycles. The molecule has 1 atom stereocenters. The molecule has 6 nitrogen and oxygen atoms in total. The summed E-state index contributed by atoms with van der Waals surface area (Å²) in [7, 11) is 1.29. The third kappa shape index (κ3) is 3.76. The van der Waals surface area contributed by atoms with E-state index in [1.54, 1.807) is 29.2 Å². The van der Waals surface area contributed by atoms with Gasteiger partial charge >= 0.3 is 5.97 Å². The van der Waals surface area contributed by atoms with E-state index in [1.807, 2.05) is 32.9 Å². The van der Waals surface area contributed by atoms with Crippen LogP contribution in [0.2, 0.25) is 0 Å². The minimum Gasteiger partial charge on any atom is -0.465 e. The predicted octanol–water partition coefficient (Wildman–Crippen LogP) is 3.39. The van der Waals surface area contributed by atoms with Crippen molar-refractivity contribution in [1.82, 2.24) is 0 Å². The minimum atomic E-state index is -0.522. The lowest BCUT2D eigenvalue weighted by Crippen LogP contribution is -2.29. The summed E-state index contributed by atoms with van der Waals surface area (Å²) in [5.41, 5.74) is 4.71. The highest BCUT2D eigenvalue weighted by atomic mass is 16.5. The van der Waals surface area contributed by atoms with Crippen molar-refractivity contribution >= 4 is 29.2 Å². The molecule has 0 radical (unpaired) electrons. The number of carbonyl (C=O) groups excluding carboxylic acids is 3. The lowest BCUT2D eigenvalue weighted by Gasteiger charge is -2.22. The van der Waals surface area contributed by atoms with E-state index < -0.39 is 11.9 Å². The van der Waals surface area contributed by atoms with E-state index in [2.05, 4.69) is 5.32 Å². The van der Waals surface area contributed by atoms with Crippen molar-refractivity contribution < 1.29 is 19.1 Å². The molecule has 0 bridgehead atoms. The number of hydrogen-bond donors (Lipinski definition) is 1. The largest absolute Gasteiger partial charge is 0.465 e. The summed E-state index contributed by atoms with van der Waals surface area (Å²) >= 11 is 0. The van der Waals surface area contributed by atoms with Gasteiger partial charge in [0.25, 0.3) is 0 Å². The Morgan fingerprint density at radius 1 is 1.11 bits per heavy atom. The zero-order valence-electron chi connectivity index (χ0n) is 16.5. The summed E-state index contributed by atoms with van der Waals surface area (Å²) in [6.07, 6.45) is 0.138. The van der Waals surface area contributed by atoms with Crippen molar-refractivity contribution in [2.75, 3.05) is 23.9 Å². The Morgan fingerprint density at radius 2 is 1.75 bits per heavy atom. The molecule has 28 heavy (non-hydrogen) atoms. The van der Waals surface area contributed by atoms with Crippen LogP contribution in [0.4, 0.5) is 11.4 Å². The van der Waals surface area contributed by atoms with Crippen LogP contribution in [0, 0.1) is 26.7 Å². The highest BCUT2D eigenvalue weighted by Crippen LogP contribution is 2.32. The maximum atomic E-state index is 12.8. The van der Waals surface area contributed by atoms with Gasteiger partial charge in [-0.2, -0.15) is 0 Å². The predicted molar refractivity (Wildman–Crippen MR) is 108 cm³/mol. The Morgan fingerprint density at radius 3 is 2.39 bits per heavy atom. The van der Waals surface area contributed by atoms with Crippen LogP contribution in [0.3, 0.4) is 0 Å². The first-order chi connectivity index (χ1) is 13.3. The van der Waals surface area contributed by atoms with Crippen molar-refractivity contribution in [2.45, 2.75) is 27.2 Å². The molecule has 1 unspecified atom stereocenters. The summed E-state index contributed by atoms with van der Waals surface area (Å²) in [6.45, 7) is 6.28. The van der Waals surface area contributed by atoms with E-state index in [4.69, 9.17) is 4.74 Å². The van der Waals surface area contributed by atoms with Crippen LogP contribution >= 0.6 is 0 Å². The lowest BCUT2D eigenvalue weighted by molar-refractivity contribution is -0.122. The van der Waals surface area contributed by atoms with E-state index in [0.29, 0.717) is 12.2 Å². The van der Waals surface area contributed by atoms with Gasteiger partial charge in [-0.25, -0.2) is 4.79 Å². The number of hydrogen-bond acceptors (Lipinski definition) is 4. The summed E-state index contributed by atoms with van der Waals surface area (Å²) in [4.78, 5) is 39.0. The molecule has 1 aliphatic heterocycles. The average Bonchev–Trinajstić information content (AvgIpc) is 3.02. The third-order valence-corrected chi connectivity index (χ3v) is 4.99. The van der Waals surface area contributed by atoms with Crippen LogP contribution < -0.4 is 10.2 Å². The van der Waals surface area contributed by atoms with Crippen LogP contribution in [0.15, 0.2) is 36.4 Å². The van der Waals surface area contributed by atoms with Crippen LogP contribution in [0.1, 0.15) is 33.5 Å². The molecule has 6 heteroatoms. The van der Waals surface area contributed by atoms with Crippen molar-refractivity contribution in [3.8, 4) is 0 Å². The quantitative estimate of drug-likeness (QED) is 0.825. The Balaban J connectivity index is 1.80. The van der Waals surface area contributed by atoms with Gasteiger partial charge in [0.05, 0.1) is 24.3 Å². The second kappa shape index (κ2) is 7.84. The van der Waals surface area contributed by atoms with E-state index in [0.717, 1.165) is 22.4 Å². The van der Waals surface area contributed by atoms with E-state index >= 15 is 0 Å². The van der Waals surface area contributed by atoms with Gasteiger partial charge in [-0.3, -0.25) is 9.59 Å². The lowest BCUT2D eigenvalue weighted by atomic mass is 10.0. The number of nitrogens with zero attached hydrogens (tertiary/aromatic N) is 1. The maximum Gasteiger partial charge on any atom is 0.339 e. The number of aryl methyl sites for hydroxylation is 3. The fraction of sp³-hybridized carbons (Fsp3) is 0.318. The number of amides is 2. The number of methoxy groups -OCH3 is 1. The van der Waals surface area contributed by atoms with Crippen molar-refractivity contribution in [2.24, 2.45) is 5.92 Å². The first-order valence-corrected chi connectivity index (χ1v) is 9.18. The molecule has 1 N–H and O–H groups in total. The van der Waals surface area contributed by atoms with Crippen LogP contribution in [-0.4, -0.2) is 31.4 Å². The monoisotopic (exact) mass is 380 g/mol. The third-order valence-electron chi connectivity index (χ3n) is 4.99. The Hall–Kier alpha value is -3.15. The van der Waals surface area contributed by atoms with Gasteiger partial charge in [0.1, 0.15) is 0 Å². The van der Waals surface area contributed by atoms with E-state index in [1.165, 1.54) is 7.11 Å². The molecule has 1 fully saturated rings. The van der Waals surface area contributed by atoms with Crippen LogP contribution in [0.25, 0.3) is 0 Å². The molecule has 2 amide bonds.